The maximum atomic E-state index is 14.7. The summed E-state index contributed by atoms with van der Waals surface area (Å²) in [6.07, 6.45) is 1.42. The monoisotopic (exact) mass is 353 g/mol. The number of nitrogens with zero attached hydrogens (tertiary/aromatic N) is 2. The van der Waals surface area contributed by atoms with Gasteiger partial charge in [-0.3, -0.25) is 0 Å². The van der Waals surface area contributed by atoms with Gasteiger partial charge in [-0.05, 0) is 24.3 Å². The fourth-order valence-corrected chi connectivity index (χ4v) is 2.70. The molecule has 0 atom stereocenters. The van der Waals surface area contributed by atoms with Crippen molar-refractivity contribution in [2.75, 3.05) is 5.32 Å². The van der Waals surface area contributed by atoms with Crippen LogP contribution in [0, 0.1) is 5.82 Å². The average molecular weight is 354 g/mol. The summed E-state index contributed by atoms with van der Waals surface area (Å²) in [6, 6.07) is 5.94. The molecule has 0 aliphatic rings. The van der Waals surface area contributed by atoms with Gasteiger partial charge in [0.2, 0.25) is 0 Å². The quantitative estimate of drug-likeness (QED) is 0.729. The number of aryl methyl sites for hydroxylation is 1. The number of aromatic carboxylic acids is 1. The molecule has 2 aromatic carbocycles. The Hall–Kier alpha value is -2.31. The molecule has 3 aromatic rings. The highest BCUT2D eigenvalue weighted by atomic mass is 35.5. The number of carboxylic acids is 1. The average Bonchev–Trinajstić information content (AvgIpc) is 2.85. The van der Waals surface area contributed by atoms with E-state index in [9.17, 15) is 14.3 Å². The topological polar surface area (TPSA) is 67.2 Å². The van der Waals surface area contributed by atoms with Crippen molar-refractivity contribution in [2.45, 2.75) is 0 Å². The lowest BCUT2D eigenvalue weighted by Gasteiger charge is -2.13. The number of anilines is 2. The number of rotatable bonds is 3. The zero-order valence-electron chi connectivity index (χ0n) is 11.8. The van der Waals surface area contributed by atoms with Crippen molar-refractivity contribution >= 4 is 51.6 Å². The molecule has 1 aromatic heterocycles. The smallest absolute Gasteiger partial charge is 0.338 e. The highest BCUT2D eigenvalue weighted by molar-refractivity contribution is 6.36. The first-order chi connectivity index (χ1) is 10.9. The van der Waals surface area contributed by atoms with Crippen molar-refractivity contribution < 1.29 is 14.3 Å². The van der Waals surface area contributed by atoms with E-state index in [-0.39, 0.29) is 21.8 Å². The van der Waals surface area contributed by atoms with E-state index in [4.69, 9.17) is 23.2 Å². The molecule has 0 saturated carbocycles. The SMILES string of the molecule is Cn1cnc2c(F)c(Nc3ccc(Cl)cc3Cl)c(C(=O)O)cc21. The van der Waals surface area contributed by atoms with Crippen LogP contribution in [-0.4, -0.2) is 20.6 Å². The molecule has 0 radical (unpaired) electrons. The molecular weight excluding hydrogens is 344 g/mol. The lowest BCUT2D eigenvalue weighted by atomic mass is 10.1. The predicted molar refractivity (Wildman–Crippen MR) is 87.4 cm³/mol. The molecule has 1 heterocycles. The van der Waals surface area contributed by atoms with Crippen LogP contribution in [0.5, 0.6) is 0 Å². The maximum absolute atomic E-state index is 14.7. The third-order valence-electron chi connectivity index (χ3n) is 3.38. The van der Waals surface area contributed by atoms with E-state index in [2.05, 4.69) is 10.3 Å². The lowest BCUT2D eigenvalue weighted by Crippen LogP contribution is -2.06. The standard InChI is InChI=1S/C15H10Cl2FN3O2/c1-21-6-19-14-11(21)5-8(15(22)23)13(12(14)18)20-10-3-2-7(16)4-9(10)17/h2-6,20H,1H3,(H,22,23). The number of fused-ring (bicyclic) bond motifs is 1. The van der Waals surface area contributed by atoms with E-state index in [0.29, 0.717) is 16.2 Å². The summed E-state index contributed by atoms with van der Waals surface area (Å²) in [4.78, 5) is 15.4. The zero-order chi connectivity index (χ0) is 16.7. The minimum Gasteiger partial charge on any atom is -0.478 e. The van der Waals surface area contributed by atoms with Gasteiger partial charge in [0.1, 0.15) is 5.52 Å². The van der Waals surface area contributed by atoms with Gasteiger partial charge in [-0.1, -0.05) is 23.2 Å². The largest absolute Gasteiger partial charge is 0.478 e. The Morgan fingerprint density at radius 3 is 2.74 bits per heavy atom. The number of benzene rings is 2. The fourth-order valence-electron chi connectivity index (χ4n) is 2.24. The number of imidazole rings is 1. The number of aromatic nitrogens is 2. The van der Waals surface area contributed by atoms with E-state index in [1.807, 2.05) is 0 Å². The second-order valence-electron chi connectivity index (χ2n) is 4.89. The Balaban J connectivity index is 2.21. The number of hydrogen-bond donors (Lipinski definition) is 2. The molecule has 23 heavy (non-hydrogen) atoms. The molecule has 0 aliphatic heterocycles. The molecule has 3 rings (SSSR count). The van der Waals surface area contributed by atoms with Crippen molar-refractivity contribution in [3.8, 4) is 0 Å². The molecule has 118 valence electrons. The van der Waals surface area contributed by atoms with E-state index >= 15 is 0 Å². The summed E-state index contributed by atoms with van der Waals surface area (Å²) >= 11 is 11.9. The fraction of sp³-hybridized carbons (Fsp3) is 0.0667. The van der Waals surface area contributed by atoms with Crippen LogP contribution >= 0.6 is 23.2 Å². The van der Waals surface area contributed by atoms with Crippen LogP contribution in [0.3, 0.4) is 0 Å². The second kappa shape index (κ2) is 5.72. The summed E-state index contributed by atoms with van der Waals surface area (Å²) in [7, 11) is 1.66. The molecule has 8 heteroatoms. The first-order valence-electron chi connectivity index (χ1n) is 6.47. The highest BCUT2D eigenvalue weighted by Crippen LogP contribution is 2.34. The first kappa shape index (κ1) is 15.6. The van der Waals surface area contributed by atoms with Gasteiger partial charge in [-0.25, -0.2) is 14.2 Å². The van der Waals surface area contributed by atoms with E-state index in [0.717, 1.165) is 0 Å². The van der Waals surface area contributed by atoms with E-state index in [1.54, 1.807) is 23.7 Å². The van der Waals surface area contributed by atoms with E-state index in [1.165, 1.54) is 18.5 Å². The summed E-state index contributed by atoms with van der Waals surface area (Å²) in [5, 5.41) is 12.8. The predicted octanol–water partition coefficient (Wildman–Crippen LogP) is 4.46. The number of nitrogens with one attached hydrogen (secondary N) is 1. The molecule has 0 saturated heterocycles. The Morgan fingerprint density at radius 2 is 2.09 bits per heavy atom. The van der Waals surface area contributed by atoms with Crippen molar-refractivity contribution in [3.63, 3.8) is 0 Å². The number of carboxylic acid groups (broad SMARTS) is 1. The molecule has 0 fully saturated rings. The Kier molecular flexibility index (Phi) is 3.87. The van der Waals surface area contributed by atoms with Gasteiger partial charge in [0.05, 0.1) is 33.8 Å². The van der Waals surface area contributed by atoms with Crippen molar-refractivity contribution in [2.24, 2.45) is 7.05 Å². The van der Waals surface area contributed by atoms with Crippen LogP contribution in [0.25, 0.3) is 11.0 Å². The van der Waals surface area contributed by atoms with Crippen LogP contribution in [0.2, 0.25) is 10.0 Å². The molecule has 0 spiro atoms. The molecule has 2 N–H and O–H groups in total. The first-order valence-corrected chi connectivity index (χ1v) is 7.23. The minimum atomic E-state index is -1.26. The lowest BCUT2D eigenvalue weighted by molar-refractivity contribution is 0.0697. The Bertz CT molecular complexity index is 940. The molecule has 5 nitrogen and oxygen atoms in total. The van der Waals surface area contributed by atoms with Gasteiger partial charge in [0.25, 0.3) is 0 Å². The van der Waals surface area contributed by atoms with Crippen LogP contribution in [0.15, 0.2) is 30.6 Å². The van der Waals surface area contributed by atoms with Crippen molar-refractivity contribution in [1.82, 2.24) is 9.55 Å². The molecule has 0 bridgehead atoms. The Morgan fingerprint density at radius 1 is 1.35 bits per heavy atom. The van der Waals surface area contributed by atoms with Gasteiger partial charge in [-0.15, -0.1) is 0 Å². The van der Waals surface area contributed by atoms with E-state index < -0.39 is 11.8 Å². The van der Waals surface area contributed by atoms with Gasteiger partial charge < -0.3 is 15.0 Å². The maximum Gasteiger partial charge on any atom is 0.338 e. The van der Waals surface area contributed by atoms with Gasteiger partial charge in [-0.2, -0.15) is 0 Å². The minimum absolute atomic E-state index is 0.0742. The summed E-state index contributed by atoms with van der Waals surface area (Å²) in [5.41, 5.74) is 0.378. The zero-order valence-corrected chi connectivity index (χ0v) is 13.3. The molecule has 0 aliphatic carbocycles. The number of carbonyl (C=O) groups is 1. The summed E-state index contributed by atoms with van der Waals surface area (Å²) < 4.78 is 16.3. The Labute approximate surface area is 140 Å². The van der Waals surface area contributed by atoms with Crippen molar-refractivity contribution in [3.05, 3.63) is 52.0 Å². The van der Waals surface area contributed by atoms with Crippen LogP contribution < -0.4 is 5.32 Å². The summed E-state index contributed by atoms with van der Waals surface area (Å²) in [5.74, 6) is -2.02. The number of hydrogen-bond acceptors (Lipinski definition) is 3. The molecule has 0 unspecified atom stereocenters. The normalized spacial score (nSPS) is 11.0. The van der Waals surface area contributed by atoms with Crippen molar-refractivity contribution in [1.29, 1.82) is 0 Å². The molecular formula is C15H10Cl2FN3O2. The highest BCUT2D eigenvalue weighted by Gasteiger charge is 2.21. The third kappa shape index (κ3) is 2.71. The molecule has 0 amide bonds. The second-order valence-corrected chi connectivity index (χ2v) is 5.73. The third-order valence-corrected chi connectivity index (χ3v) is 3.93. The number of halogens is 3. The van der Waals surface area contributed by atoms with Crippen LogP contribution in [-0.2, 0) is 7.05 Å². The van der Waals surface area contributed by atoms with Crippen LogP contribution in [0.1, 0.15) is 10.4 Å². The summed E-state index contributed by atoms with van der Waals surface area (Å²) in [6.45, 7) is 0. The van der Waals surface area contributed by atoms with Gasteiger partial charge in [0, 0.05) is 12.1 Å². The van der Waals surface area contributed by atoms with Crippen LogP contribution in [0.4, 0.5) is 15.8 Å². The van der Waals surface area contributed by atoms with Gasteiger partial charge >= 0.3 is 5.97 Å². The van der Waals surface area contributed by atoms with Gasteiger partial charge in [0.15, 0.2) is 5.82 Å².